The number of carbonyl (C=O) groups excluding carboxylic acids is 1. The van der Waals surface area contributed by atoms with E-state index in [1.807, 2.05) is 41.3 Å². The number of aromatic nitrogens is 2. The van der Waals surface area contributed by atoms with E-state index in [0.29, 0.717) is 13.0 Å². The molecule has 0 spiro atoms. The van der Waals surface area contributed by atoms with Crippen LogP contribution in [0.3, 0.4) is 0 Å². The van der Waals surface area contributed by atoms with Crippen LogP contribution in [-0.2, 0) is 4.79 Å². The van der Waals surface area contributed by atoms with Gasteiger partial charge in [0.2, 0.25) is 11.9 Å². The van der Waals surface area contributed by atoms with Crippen LogP contribution >= 0.6 is 0 Å². The minimum atomic E-state index is 0.201. The van der Waals surface area contributed by atoms with Gasteiger partial charge in [0.25, 0.3) is 0 Å². The summed E-state index contributed by atoms with van der Waals surface area (Å²) in [6.07, 6.45) is 5.70. The van der Waals surface area contributed by atoms with Gasteiger partial charge in [0.1, 0.15) is 5.75 Å². The van der Waals surface area contributed by atoms with Crippen molar-refractivity contribution >= 4 is 11.9 Å². The van der Waals surface area contributed by atoms with Crippen molar-refractivity contribution in [2.24, 2.45) is 0 Å². The first-order valence-corrected chi connectivity index (χ1v) is 8.80. The molecule has 2 aromatic rings. The fraction of sp³-hybridized carbons (Fsp3) is 0.421. The monoisotopic (exact) mass is 340 g/mol. The Labute approximate surface area is 148 Å². The molecule has 0 unspecified atom stereocenters. The highest BCUT2D eigenvalue weighted by Gasteiger charge is 2.20. The summed E-state index contributed by atoms with van der Waals surface area (Å²) in [5, 5.41) is 0. The molecule has 1 aliphatic heterocycles. The number of ether oxygens (including phenoxy) is 1. The van der Waals surface area contributed by atoms with Crippen LogP contribution in [0.4, 0.5) is 5.95 Å². The van der Waals surface area contributed by atoms with Gasteiger partial charge in [-0.1, -0.05) is 18.2 Å². The second-order valence-electron chi connectivity index (χ2n) is 6.04. The molecule has 1 aromatic carbocycles. The van der Waals surface area contributed by atoms with Crippen LogP contribution in [0.5, 0.6) is 5.75 Å². The summed E-state index contributed by atoms with van der Waals surface area (Å²) in [4.78, 5) is 25.1. The molecular formula is C19H24N4O2. The highest BCUT2D eigenvalue weighted by molar-refractivity contribution is 5.76. The van der Waals surface area contributed by atoms with Crippen molar-refractivity contribution in [1.29, 1.82) is 0 Å². The fourth-order valence-electron chi connectivity index (χ4n) is 2.91. The molecule has 0 N–H and O–H groups in total. The Hall–Kier alpha value is -2.63. The summed E-state index contributed by atoms with van der Waals surface area (Å²) < 4.78 is 5.65. The molecule has 2 heterocycles. The van der Waals surface area contributed by atoms with E-state index in [1.165, 1.54) is 0 Å². The molecule has 1 amide bonds. The topological polar surface area (TPSA) is 58.6 Å². The summed E-state index contributed by atoms with van der Waals surface area (Å²) in [5.74, 6) is 1.80. The lowest BCUT2D eigenvalue weighted by Crippen LogP contribution is -2.35. The minimum absolute atomic E-state index is 0.201. The highest BCUT2D eigenvalue weighted by Crippen LogP contribution is 2.12. The maximum atomic E-state index is 12.4. The van der Waals surface area contributed by atoms with Crippen molar-refractivity contribution in [2.45, 2.75) is 19.3 Å². The fourth-order valence-corrected chi connectivity index (χ4v) is 2.91. The first-order chi connectivity index (χ1) is 12.3. The van der Waals surface area contributed by atoms with Crippen molar-refractivity contribution in [1.82, 2.24) is 14.9 Å². The molecule has 1 aliphatic rings. The number of hydrogen-bond donors (Lipinski definition) is 0. The van der Waals surface area contributed by atoms with Gasteiger partial charge in [-0.15, -0.1) is 0 Å². The van der Waals surface area contributed by atoms with Crippen LogP contribution in [0, 0.1) is 0 Å². The second-order valence-corrected chi connectivity index (χ2v) is 6.04. The molecular weight excluding hydrogens is 316 g/mol. The third kappa shape index (κ3) is 5.17. The van der Waals surface area contributed by atoms with Crippen molar-refractivity contribution in [3.63, 3.8) is 0 Å². The molecule has 1 fully saturated rings. The molecule has 1 saturated heterocycles. The van der Waals surface area contributed by atoms with Crippen LogP contribution < -0.4 is 9.64 Å². The average Bonchev–Trinajstić information content (AvgIpc) is 2.93. The van der Waals surface area contributed by atoms with Gasteiger partial charge in [-0.2, -0.15) is 0 Å². The van der Waals surface area contributed by atoms with E-state index < -0.39 is 0 Å². The van der Waals surface area contributed by atoms with E-state index in [9.17, 15) is 4.79 Å². The van der Waals surface area contributed by atoms with Gasteiger partial charge in [-0.25, -0.2) is 9.97 Å². The van der Waals surface area contributed by atoms with Crippen LogP contribution in [0.1, 0.15) is 19.3 Å². The van der Waals surface area contributed by atoms with Gasteiger partial charge in [0, 0.05) is 45.0 Å². The van der Waals surface area contributed by atoms with Gasteiger partial charge in [-0.3, -0.25) is 4.79 Å². The van der Waals surface area contributed by atoms with Gasteiger partial charge < -0.3 is 14.5 Å². The number of hydrogen-bond acceptors (Lipinski definition) is 5. The Bertz CT molecular complexity index is 651. The third-order valence-corrected chi connectivity index (χ3v) is 4.23. The number of carbonyl (C=O) groups is 1. The Balaban J connectivity index is 1.40. The molecule has 132 valence electrons. The zero-order valence-corrected chi connectivity index (χ0v) is 14.4. The molecule has 0 atom stereocenters. The quantitative estimate of drug-likeness (QED) is 0.756. The van der Waals surface area contributed by atoms with Crippen molar-refractivity contribution in [2.75, 3.05) is 37.7 Å². The zero-order chi connectivity index (χ0) is 17.3. The minimum Gasteiger partial charge on any atom is -0.494 e. The largest absolute Gasteiger partial charge is 0.494 e. The first kappa shape index (κ1) is 17.2. The van der Waals surface area contributed by atoms with Crippen molar-refractivity contribution in [3.05, 3.63) is 48.8 Å². The Morgan fingerprint density at radius 1 is 1.00 bits per heavy atom. The number of para-hydroxylation sites is 1. The number of amides is 1. The van der Waals surface area contributed by atoms with Crippen LogP contribution in [0.15, 0.2) is 48.8 Å². The summed E-state index contributed by atoms with van der Waals surface area (Å²) >= 11 is 0. The predicted octanol–water partition coefficient (Wildman–Crippen LogP) is 2.37. The van der Waals surface area contributed by atoms with Crippen LogP contribution in [-0.4, -0.2) is 53.6 Å². The maximum Gasteiger partial charge on any atom is 0.225 e. The zero-order valence-electron chi connectivity index (χ0n) is 14.4. The molecule has 3 rings (SSSR count). The molecule has 6 heteroatoms. The van der Waals surface area contributed by atoms with E-state index in [4.69, 9.17) is 4.74 Å². The van der Waals surface area contributed by atoms with Gasteiger partial charge in [0.15, 0.2) is 0 Å². The lowest BCUT2D eigenvalue weighted by atomic mass is 10.2. The highest BCUT2D eigenvalue weighted by atomic mass is 16.5. The maximum absolute atomic E-state index is 12.4. The number of anilines is 1. The van der Waals surface area contributed by atoms with E-state index in [1.54, 1.807) is 12.4 Å². The van der Waals surface area contributed by atoms with Gasteiger partial charge in [0.05, 0.1) is 6.61 Å². The Kier molecular flexibility index (Phi) is 6.20. The number of nitrogens with zero attached hydrogens (tertiary/aromatic N) is 4. The number of rotatable bonds is 6. The summed E-state index contributed by atoms with van der Waals surface area (Å²) in [6, 6.07) is 11.5. The van der Waals surface area contributed by atoms with Gasteiger partial charge >= 0.3 is 0 Å². The third-order valence-electron chi connectivity index (χ3n) is 4.23. The number of benzene rings is 1. The average molecular weight is 340 g/mol. The summed E-state index contributed by atoms with van der Waals surface area (Å²) in [6.45, 7) is 3.73. The molecule has 1 aromatic heterocycles. The Morgan fingerprint density at radius 3 is 2.60 bits per heavy atom. The van der Waals surface area contributed by atoms with E-state index in [0.717, 1.165) is 50.7 Å². The lowest BCUT2D eigenvalue weighted by molar-refractivity contribution is -0.131. The van der Waals surface area contributed by atoms with Gasteiger partial charge in [-0.05, 0) is 31.0 Å². The van der Waals surface area contributed by atoms with Crippen molar-refractivity contribution in [3.8, 4) is 5.75 Å². The molecule has 6 nitrogen and oxygen atoms in total. The van der Waals surface area contributed by atoms with E-state index >= 15 is 0 Å². The SMILES string of the molecule is O=C(CCCOc1ccccc1)N1CCCN(c2ncccn2)CC1. The van der Waals surface area contributed by atoms with E-state index in [-0.39, 0.29) is 5.91 Å². The molecule has 0 radical (unpaired) electrons. The van der Waals surface area contributed by atoms with Crippen molar-refractivity contribution < 1.29 is 9.53 Å². The molecule has 25 heavy (non-hydrogen) atoms. The van der Waals surface area contributed by atoms with Crippen LogP contribution in [0.25, 0.3) is 0 Å². The molecule has 0 saturated carbocycles. The first-order valence-electron chi connectivity index (χ1n) is 8.80. The Morgan fingerprint density at radius 2 is 1.80 bits per heavy atom. The van der Waals surface area contributed by atoms with E-state index in [2.05, 4.69) is 14.9 Å². The molecule has 0 aliphatic carbocycles. The smallest absolute Gasteiger partial charge is 0.225 e. The summed E-state index contributed by atoms with van der Waals surface area (Å²) in [5.41, 5.74) is 0. The summed E-state index contributed by atoms with van der Waals surface area (Å²) in [7, 11) is 0. The van der Waals surface area contributed by atoms with Crippen LogP contribution in [0.2, 0.25) is 0 Å². The molecule has 0 bridgehead atoms. The second kappa shape index (κ2) is 9.01. The standard InChI is InChI=1S/C19H24N4O2/c24-18(9-4-16-25-17-7-2-1-3-8-17)22-12-6-13-23(15-14-22)19-20-10-5-11-21-19/h1-3,5,7-8,10-11H,4,6,9,12-16H2. The lowest BCUT2D eigenvalue weighted by Gasteiger charge is -2.22. The predicted molar refractivity (Wildman–Crippen MR) is 96.6 cm³/mol. The normalized spacial score (nSPS) is 14.9.